The van der Waals surface area contributed by atoms with Crippen LogP contribution in [0, 0.1) is 17.8 Å². The van der Waals surface area contributed by atoms with Crippen LogP contribution in [0.25, 0.3) is 0 Å². The van der Waals surface area contributed by atoms with Gasteiger partial charge in [0.1, 0.15) is 5.60 Å². The SMILES string of the molecule is CC(C)C(COCc1ccccc1)CC(CO)CC(C)(C)OC(N)=O. The summed E-state index contributed by atoms with van der Waals surface area (Å²) >= 11 is 0. The minimum absolute atomic E-state index is 0.0297. The quantitative estimate of drug-likeness (QED) is 0.636. The first kappa shape index (κ1) is 21.5. The van der Waals surface area contributed by atoms with Crippen LogP contribution in [0.2, 0.25) is 0 Å². The maximum absolute atomic E-state index is 11.0. The minimum Gasteiger partial charge on any atom is -0.444 e. The number of amides is 1. The van der Waals surface area contributed by atoms with Gasteiger partial charge < -0.3 is 20.3 Å². The monoisotopic (exact) mass is 351 g/mol. The lowest BCUT2D eigenvalue weighted by molar-refractivity contribution is 0.00483. The molecule has 0 saturated carbocycles. The predicted octanol–water partition coefficient (Wildman–Crippen LogP) is 3.74. The molecule has 5 heteroatoms. The predicted molar refractivity (Wildman–Crippen MR) is 99.0 cm³/mol. The molecule has 0 aliphatic rings. The second kappa shape index (κ2) is 10.4. The molecule has 1 aromatic carbocycles. The zero-order chi connectivity index (χ0) is 18.9. The molecule has 2 atom stereocenters. The van der Waals surface area contributed by atoms with Crippen molar-refractivity contribution < 1.29 is 19.4 Å². The number of hydrogen-bond acceptors (Lipinski definition) is 4. The molecule has 1 amide bonds. The number of carbonyl (C=O) groups excluding carboxylic acids is 1. The Morgan fingerprint density at radius 2 is 1.88 bits per heavy atom. The summed E-state index contributed by atoms with van der Waals surface area (Å²) < 4.78 is 11.0. The van der Waals surface area contributed by atoms with E-state index in [-0.39, 0.29) is 12.5 Å². The van der Waals surface area contributed by atoms with Gasteiger partial charge in [-0.05, 0) is 50.0 Å². The molecule has 0 heterocycles. The van der Waals surface area contributed by atoms with E-state index >= 15 is 0 Å². The largest absolute Gasteiger partial charge is 0.444 e. The van der Waals surface area contributed by atoms with Crippen molar-refractivity contribution in [1.29, 1.82) is 0 Å². The van der Waals surface area contributed by atoms with Gasteiger partial charge in [-0.25, -0.2) is 4.79 Å². The molecule has 3 N–H and O–H groups in total. The lowest BCUT2D eigenvalue weighted by Crippen LogP contribution is -2.35. The molecule has 0 fully saturated rings. The lowest BCUT2D eigenvalue weighted by Gasteiger charge is -2.31. The molecular formula is C20H33NO4. The lowest BCUT2D eigenvalue weighted by atomic mass is 9.82. The second-order valence-corrected chi connectivity index (χ2v) is 7.67. The number of carbonyl (C=O) groups is 1. The van der Waals surface area contributed by atoms with Gasteiger partial charge in [-0.15, -0.1) is 0 Å². The molecule has 1 rings (SSSR count). The molecule has 0 aliphatic carbocycles. The minimum atomic E-state index is -0.784. The Morgan fingerprint density at radius 3 is 2.40 bits per heavy atom. The molecule has 0 saturated heterocycles. The molecule has 0 spiro atoms. The normalized spacial score (nSPS) is 14.3. The van der Waals surface area contributed by atoms with Crippen LogP contribution in [-0.4, -0.2) is 30.0 Å². The Balaban J connectivity index is 2.54. The Morgan fingerprint density at radius 1 is 1.24 bits per heavy atom. The first-order valence-corrected chi connectivity index (χ1v) is 8.94. The van der Waals surface area contributed by atoms with E-state index in [2.05, 4.69) is 13.8 Å². The average Bonchev–Trinajstić information content (AvgIpc) is 2.52. The molecule has 0 radical (unpaired) electrons. The van der Waals surface area contributed by atoms with Gasteiger partial charge in [-0.3, -0.25) is 0 Å². The number of aliphatic hydroxyl groups excluding tert-OH is 1. The van der Waals surface area contributed by atoms with Crippen molar-refractivity contribution in [2.75, 3.05) is 13.2 Å². The van der Waals surface area contributed by atoms with Crippen molar-refractivity contribution in [2.24, 2.45) is 23.5 Å². The molecule has 142 valence electrons. The van der Waals surface area contributed by atoms with E-state index in [1.165, 1.54) is 0 Å². The van der Waals surface area contributed by atoms with Crippen LogP contribution in [0.4, 0.5) is 4.79 Å². The summed E-state index contributed by atoms with van der Waals surface area (Å²) in [7, 11) is 0. The molecule has 0 aromatic heterocycles. The Kier molecular flexibility index (Phi) is 8.93. The van der Waals surface area contributed by atoms with E-state index in [0.717, 1.165) is 12.0 Å². The maximum atomic E-state index is 11.0. The fourth-order valence-corrected chi connectivity index (χ4v) is 3.09. The van der Waals surface area contributed by atoms with Crippen molar-refractivity contribution in [3.63, 3.8) is 0 Å². The molecular weight excluding hydrogens is 318 g/mol. The Hall–Kier alpha value is -1.59. The maximum Gasteiger partial charge on any atom is 0.405 e. The highest BCUT2D eigenvalue weighted by Gasteiger charge is 2.28. The summed E-state index contributed by atoms with van der Waals surface area (Å²) in [6, 6.07) is 10.1. The van der Waals surface area contributed by atoms with Gasteiger partial charge in [0.05, 0.1) is 13.2 Å². The summed E-state index contributed by atoms with van der Waals surface area (Å²) in [5, 5.41) is 9.75. The zero-order valence-electron chi connectivity index (χ0n) is 15.9. The van der Waals surface area contributed by atoms with Gasteiger partial charge in [0.15, 0.2) is 0 Å². The van der Waals surface area contributed by atoms with Crippen molar-refractivity contribution >= 4 is 6.09 Å². The summed E-state index contributed by atoms with van der Waals surface area (Å²) in [6.45, 7) is 9.23. The van der Waals surface area contributed by atoms with Crippen LogP contribution in [0.15, 0.2) is 30.3 Å². The second-order valence-electron chi connectivity index (χ2n) is 7.67. The van der Waals surface area contributed by atoms with Crippen molar-refractivity contribution in [1.82, 2.24) is 0 Å². The third-order valence-electron chi connectivity index (χ3n) is 4.44. The number of aliphatic hydroxyl groups is 1. The van der Waals surface area contributed by atoms with E-state index in [1.54, 1.807) is 0 Å². The van der Waals surface area contributed by atoms with Crippen LogP contribution in [0.1, 0.15) is 46.1 Å². The molecule has 0 aliphatic heterocycles. The smallest absolute Gasteiger partial charge is 0.405 e. The Labute approximate surface area is 151 Å². The Bertz CT molecular complexity index is 502. The van der Waals surface area contributed by atoms with E-state index in [1.807, 2.05) is 44.2 Å². The topological polar surface area (TPSA) is 81.8 Å². The fourth-order valence-electron chi connectivity index (χ4n) is 3.09. The van der Waals surface area contributed by atoms with Crippen LogP contribution in [0.5, 0.6) is 0 Å². The van der Waals surface area contributed by atoms with Gasteiger partial charge in [-0.2, -0.15) is 0 Å². The third kappa shape index (κ3) is 8.89. The highest BCUT2D eigenvalue weighted by atomic mass is 16.6. The van der Waals surface area contributed by atoms with E-state index in [0.29, 0.717) is 31.5 Å². The first-order chi connectivity index (χ1) is 11.7. The molecule has 5 nitrogen and oxygen atoms in total. The van der Waals surface area contributed by atoms with Gasteiger partial charge in [0, 0.05) is 6.61 Å². The first-order valence-electron chi connectivity index (χ1n) is 8.94. The zero-order valence-corrected chi connectivity index (χ0v) is 15.9. The molecule has 1 aromatic rings. The van der Waals surface area contributed by atoms with Crippen LogP contribution in [-0.2, 0) is 16.1 Å². The fraction of sp³-hybridized carbons (Fsp3) is 0.650. The van der Waals surface area contributed by atoms with Crippen molar-refractivity contribution in [2.45, 2.75) is 52.7 Å². The number of benzene rings is 1. The number of hydrogen-bond donors (Lipinski definition) is 2. The van der Waals surface area contributed by atoms with Crippen molar-refractivity contribution in [3.8, 4) is 0 Å². The average molecular weight is 351 g/mol. The van der Waals surface area contributed by atoms with Gasteiger partial charge in [0.25, 0.3) is 0 Å². The van der Waals surface area contributed by atoms with Crippen LogP contribution < -0.4 is 5.73 Å². The molecule has 0 bridgehead atoms. The van der Waals surface area contributed by atoms with Gasteiger partial charge in [0.2, 0.25) is 0 Å². The van der Waals surface area contributed by atoms with Gasteiger partial charge >= 0.3 is 6.09 Å². The van der Waals surface area contributed by atoms with E-state index in [4.69, 9.17) is 15.2 Å². The van der Waals surface area contributed by atoms with Crippen molar-refractivity contribution in [3.05, 3.63) is 35.9 Å². The van der Waals surface area contributed by atoms with E-state index < -0.39 is 11.7 Å². The summed E-state index contributed by atoms with van der Waals surface area (Å²) in [6.07, 6.45) is 0.594. The van der Waals surface area contributed by atoms with Crippen LogP contribution >= 0.6 is 0 Å². The standard InChI is InChI=1S/C20H33NO4/c1-15(2)18(14-24-13-16-8-6-5-7-9-16)10-17(12-22)11-20(3,4)25-19(21)23/h5-9,15,17-18,22H,10-14H2,1-4H3,(H2,21,23). The molecule has 25 heavy (non-hydrogen) atoms. The number of nitrogens with two attached hydrogens (primary N) is 1. The summed E-state index contributed by atoms with van der Waals surface area (Å²) in [5.41, 5.74) is 5.59. The van der Waals surface area contributed by atoms with E-state index in [9.17, 15) is 9.90 Å². The summed E-state index contributed by atoms with van der Waals surface area (Å²) in [4.78, 5) is 11.0. The highest BCUT2D eigenvalue weighted by molar-refractivity contribution is 5.65. The van der Waals surface area contributed by atoms with Crippen LogP contribution in [0.3, 0.4) is 0 Å². The number of ether oxygens (including phenoxy) is 2. The highest BCUT2D eigenvalue weighted by Crippen LogP contribution is 2.28. The number of primary amides is 1. The third-order valence-corrected chi connectivity index (χ3v) is 4.44. The summed E-state index contributed by atoms with van der Waals surface area (Å²) in [5.74, 6) is 0.789. The van der Waals surface area contributed by atoms with Gasteiger partial charge in [-0.1, -0.05) is 44.2 Å². The molecule has 2 unspecified atom stereocenters. The number of rotatable bonds is 11.